The summed E-state index contributed by atoms with van der Waals surface area (Å²) < 4.78 is 12.2. The fourth-order valence-electron chi connectivity index (χ4n) is 2.06. The van der Waals surface area contributed by atoms with Gasteiger partial charge in [-0.2, -0.15) is 0 Å². The van der Waals surface area contributed by atoms with Crippen LogP contribution in [0.25, 0.3) is 10.9 Å². The molecule has 1 amide bonds. The zero-order valence-corrected chi connectivity index (χ0v) is 12.9. The van der Waals surface area contributed by atoms with Crippen molar-refractivity contribution < 1.29 is 9.18 Å². The smallest absolute Gasteiger partial charge is 0.251 e. The number of benzene rings is 1. The fourth-order valence-corrected chi connectivity index (χ4v) is 2.06. The Labute approximate surface area is 134 Å². The molecule has 0 spiro atoms. The molecule has 2 rings (SSSR count). The molecule has 4 nitrogen and oxygen atoms in total. The molecule has 0 saturated carbocycles. The maximum atomic E-state index is 12.3. The number of halogens is 1. The molecule has 1 aromatic carbocycles. The molecule has 0 unspecified atom stereocenters. The topological polar surface area (TPSA) is 54.9 Å². The molecule has 0 fully saturated rings. The van der Waals surface area contributed by atoms with Gasteiger partial charge in [0.05, 0.1) is 5.52 Å². The van der Waals surface area contributed by atoms with E-state index >= 15 is 0 Å². The predicted octanol–water partition coefficient (Wildman–Crippen LogP) is 3.31. The molecular weight excluding hydrogens is 293 g/mol. The number of nitrogens with zero attached hydrogens (tertiary/aromatic N) is 2. The molecule has 118 valence electrons. The van der Waals surface area contributed by atoms with Gasteiger partial charge in [0, 0.05) is 23.7 Å². The van der Waals surface area contributed by atoms with E-state index in [0.29, 0.717) is 17.9 Å². The number of aryl methyl sites for hydroxylation is 1. The summed E-state index contributed by atoms with van der Waals surface area (Å²) in [5, 5.41) is 3.68. The van der Waals surface area contributed by atoms with Gasteiger partial charge in [0.25, 0.3) is 5.91 Å². The van der Waals surface area contributed by atoms with Crippen LogP contribution in [0.3, 0.4) is 0 Å². The van der Waals surface area contributed by atoms with E-state index in [1.807, 2.05) is 6.07 Å². The monoisotopic (exact) mass is 311 g/mol. The first kappa shape index (κ1) is 16.5. The van der Waals surface area contributed by atoms with Crippen LogP contribution in [0.5, 0.6) is 0 Å². The molecule has 23 heavy (non-hydrogen) atoms. The van der Waals surface area contributed by atoms with Crippen LogP contribution in [0.4, 0.5) is 4.39 Å². The van der Waals surface area contributed by atoms with Crippen molar-refractivity contribution in [2.75, 3.05) is 13.2 Å². The Hall–Kier alpha value is -2.82. The van der Waals surface area contributed by atoms with Gasteiger partial charge in [0.2, 0.25) is 0 Å². The van der Waals surface area contributed by atoms with Gasteiger partial charge >= 0.3 is 0 Å². The third-order valence-electron chi connectivity index (χ3n) is 3.17. The zero-order chi connectivity index (χ0) is 16.7. The largest absolute Gasteiger partial charge is 0.348 e. The van der Waals surface area contributed by atoms with Gasteiger partial charge in [-0.05, 0) is 24.6 Å². The molecule has 5 heteroatoms. The molecule has 1 N–H and O–H groups in total. The number of hydrogen-bond acceptors (Lipinski definition) is 3. The quantitative estimate of drug-likeness (QED) is 0.833. The van der Waals surface area contributed by atoms with Crippen LogP contribution in [-0.2, 0) is 0 Å². The number of carbonyl (C=O) groups excluding carboxylic acids is 1. The number of fused-ring (bicyclic) bond motifs is 1. The van der Waals surface area contributed by atoms with Crippen LogP contribution in [0, 0.1) is 6.92 Å². The number of nitrogens with one attached hydrogen (secondary N) is 1. The Bertz CT molecular complexity index is 781. The minimum atomic E-state index is -0.549. The highest BCUT2D eigenvalue weighted by Gasteiger charge is 2.07. The van der Waals surface area contributed by atoms with Gasteiger partial charge < -0.3 is 5.32 Å². The number of rotatable bonds is 6. The molecule has 0 aliphatic rings. The summed E-state index contributed by atoms with van der Waals surface area (Å²) in [6.45, 7) is 5.15. The fraction of sp³-hybridized carbons (Fsp3) is 0.167. The molecule has 0 aliphatic carbocycles. The van der Waals surface area contributed by atoms with Gasteiger partial charge in [-0.1, -0.05) is 36.9 Å². The van der Waals surface area contributed by atoms with E-state index in [9.17, 15) is 9.18 Å². The second-order valence-electron chi connectivity index (χ2n) is 4.91. The summed E-state index contributed by atoms with van der Waals surface area (Å²) in [6.07, 6.45) is 8.06. The second kappa shape index (κ2) is 7.98. The Morgan fingerprint density at radius 3 is 3.00 bits per heavy atom. The Morgan fingerprint density at radius 1 is 1.43 bits per heavy atom. The third-order valence-corrected chi connectivity index (χ3v) is 3.17. The summed E-state index contributed by atoms with van der Waals surface area (Å²) >= 11 is 0. The van der Waals surface area contributed by atoms with Crippen LogP contribution >= 0.6 is 0 Å². The number of carbonyl (C=O) groups is 1. The average molecular weight is 311 g/mol. The Balaban J connectivity index is 2.12. The van der Waals surface area contributed by atoms with Crippen molar-refractivity contribution in [3.05, 3.63) is 72.2 Å². The van der Waals surface area contributed by atoms with Crippen molar-refractivity contribution >= 4 is 16.8 Å². The first-order chi connectivity index (χ1) is 11.1. The summed E-state index contributed by atoms with van der Waals surface area (Å²) in [6, 6.07) is 5.27. The maximum absolute atomic E-state index is 12.3. The van der Waals surface area contributed by atoms with E-state index in [2.05, 4.69) is 21.9 Å². The first-order valence-electron chi connectivity index (χ1n) is 7.19. The highest BCUT2D eigenvalue weighted by atomic mass is 19.1. The van der Waals surface area contributed by atoms with Crippen LogP contribution in [0.15, 0.2) is 60.9 Å². The molecule has 1 heterocycles. The van der Waals surface area contributed by atoms with Crippen molar-refractivity contribution in [1.29, 1.82) is 0 Å². The lowest BCUT2D eigenvalue weighted by molar-refractivity contribution is 0.0957. The lowest BCUT2D eigenvalue weighted by atomic mass is 10.1. The van der Waals surface area contributed by atoms with Crippen molar-refractivity contribution in [2.45, 2.75) is 6.92 Å². The molecule has 0 aliphatic heterocycles. The summed E-state index contributed by atoms with van der Waals surface area (Å²) in [5.41, 5.74) is 2.01. The van der Waals surface area contributed by atoms with Gasteiger partial charge in [-0.25, -0.2) is 14.4 Å². The summed E-state index contributed by atoms with van der Waals surface area (Å²) in [4.78, 5) is 20.7. The van der Waals surface area contributed by atoms with Gasteiger partial charge in [-0.15, -0.1) is 0 Å². The molecule has 1 aromatic heterocycles. The van der Waals surface area contributed by atoms with E-state index in [1.165, 1.54) is 6.08 Å². The minimum Gasteiger partial charge on any atom is -0.348 e. The van der Waals surface area contributed by atoms with Crippen LogP contribution in [0.1, 0.15) is 16.2 Å². The van der Waals surface area contributed by atoms with Crippen molar-refractivity contribution in [3.63, 3.8) is 0 Å². The molecule has 2 aromatic rings. The lowest BCUT2D eigenvalue weighted by Gasteiger charge is -2.07. The highest BCUT2D eigenvalue weighted by Crippen LogP contribution is 2.13. The van der Waals surface area contributed by atoms with Gasteiger partial charge in [0.15, 0.2) is 0 Å². The number of hydrogen-bond donors (Lipinski definition) is 1. The van der Waals surface area contributed by atoms with Crippen molar-refractivity contribution in [1.82, 2.24) is 15.3 Å². The summed E-state index contributed by atoms with van der Waals surface area (Å²) in [7, 11) is 0. The van der Waals surface area contributed by atoms with Crippen LogP contribution in [-0.4, -0.2) is 29.1 Å². The van der Waals surface area contributed by atoms with Crippen molar-refractivity contribution in [3.8, 4) is 0 Å². The number of alkyl halides is 1. The number of amides is 1. The normalized spacial score (nSPS) is 11.8. The first-order valence-corrected chi connectivity index (χ1v) is 7.19. The Morgan fingerprint density at radius 2 is 2.26 bits per heavy atom. The van der Waals surface area contributed by atoms with Crippen LogP contribution in [0.2, 0.25) is 0 Å². The molecule has 0 saturated heterocycles. The van der Waals surface area contributed by atoms with E-state index in [-0.39, 0.29) is 5.91 Å². The number of aromatic nitrogens is 2. The molecule has 0 radical (unpaired) electrons. The lowest BCUT2D eigenvalue weighted by Crippen LogP contribution is -2.25. The molecule has 0 atom stereocenters. The van der Waals surface area contributed by atoms with E-state index in [1.54, 1.807) is 43.5 Å². The standard InChI is InChI=1S/C18H18FN3O/c1-3-5-14(6-4-9-19)11-21-18(23)15-7-8-16-12-20-13(2)22-17(16)10-15/h3-8,10,12H,1,9,11H2,2H3,(H,21,23)/b6-4-,14-5+. The summed E-state index contributed by atoms with van der Waals surface area (Å²) in [5.74, 6) is 0.439. The van der Waals surface area contributed by atoms with E-state index in [4.69, 9.17) is 0 Å². The van der Waals surface area contributed by atoms with E-state index < -0.39 is 6.67 Å². The maximum Gasteiger partial charge on any atom is 0.251 e. The average Bonchev–Trinajstić information content (AvgIpc) is 2.56. The molecular formula is C18H18FN3O. The van der Waals surface area contributed by atoms with Crippen molar-refractivity contribution in [2.24, 2.45) is 0 Å². The minimum absolute atomic E-state index is 0.216. The van der Waals surface area contributed by atoms with Gasteiger partial charge in [-0.3, -0.25) is 4.79 Å². The number of allylic oxidation sites excluding steroid dienone is 3. The van der Waals surface area contributed by atoms with E-state index in [0.717, 1.165) is 16.5 Å². The predicted molar refractivity (Wildman–Crippen MR) is 90.0 cm³/mol. The zero-order valence-electron chi connectivity index (χ0n) is 12.9. The highest BCUT2D eigenvalue weighted by molar-refractivity contribution is 5.97. The molecule has 0 bridgehead atoms. The second-order valence-corrected chi connectivity index (χ2v) is 4.91. The SMILES string of the molecule is C=C/C=C(\C=C/CF)CNC(=O)c1ccc2cnc(C)nc2c1. The van der Waals surface area contributed by atoms with Gasteiger partial charge in [0.1, 0.15) is 12.5 Å². The Kier molecular flexibility index (Phi) is 5.74. The van der Waals surface area contributed by atoms with Crippen LogP contribution < -0.4 is 5.32 Å². The third kappa shape index (κ3) is 4.57.